The summed E-state index contributed by atoms with van der Waals surface area (Å²) < 4.78 is 5.02. The summed E-state index contributed by atoms with van der Waals surface area (Å²) in [5.41, 5.74) is 0. The highest BCUT2D eigenvalue weighted by Gasteiger charge is 2.06. The van der Waals surface area contributed by atoms with E-state index in [-0.39, 0.29) is 6.42 Å². The fraction of sp³-hybridized carbons (Fsp3) is 0.923. The SMILES string of the molecule is CCCCCCN(CCCOC)CCC(=O)O. The minimum absolute atomic E-state index is 0.237. The van der Waals surface area contributed by atoms with Gasteiger partial charge in [0.15, 0.2) is 0 Å². The summed E-state index contributed by atoms with van der Waals surface area (Å²) in [4.78, 5) is 12.8. The molecule has 0 bridgehead atoms. The average molecular weight is 245 g/mol. The molecule has 0 heterocycles. The Balaban J connectivity index is 3.71. The number of nitrogens with zero attached hydrogens (tertiary/aromatic N) is 1. The molecule has 0 aromatic carbocycles. The van der Waals surface area contributed by atoms with Crippen molar-refractivity contribution in [1.82, 2.24) is 4.90 Å². The summed E-state index contributed by atoms with van der Waals surface area (Å²) in [6.45, 7) is 5.55. The molecule has 1 N–H and O–H groups in total. The molecular weight excluding hydrogens is 218 g/mol. The smallest absolute Gasteiger partial charge is 0.304 e. The van der Waals surface area contributed by atoms with Crippen molar-refractivity contribution in [1.29, 1.82) is 0 Å². The number of aliphatic carboxylic acids is 1. The molecule has 0 atom stereocenters. The van der Waals surface area contributed by atoms with Crippen LogP contribution in [0.15, 0.2) is 0 Å². The molecule has 0 aliphatic rings. The molecule has 0 fully saturated rings. The number of unbranched alkanes of at least 4 members (excludes halogenated alkanes) is 3. The first-order valence-electron chi connectivity index (χ1n) is 6.63. The molecule has 4 nitrogen and oxygen atoms in total. The summed E-state index contributed by atoms with van der Waals surface area (Å²) in [5, 5.41) is 8.69. The van der Waals surface area contributed by atoms with Crippen LogP contribution in [0.1, 0.15) is 45.4 Å². The van der Waals surface area contributed by atoms with Gasteiger partial charge in [-0.25, -0.2) is 0 Å². The van der Waals surface area contributed by atoms with Crippen molar-refractivity contribution in [3.05, 3.63) is 0 Å². The summed E-state index contributed by atoms with van der Waals surface area (Å²) in [6.07, 6.45) is 6.12. The molecule has 102 valence electrons. The van der Waals surface area contributed by atoms with E-state index in [0.717, 1.165) is 26.1 Å². The van der Waals surface area contributed by atoms with E-state index in [9.17, 15) is 4.79 Å². The highest BCUT2D eigenvalue weighted by atomic mass is 16.5. The maximum Gasteiger partial charge on any atom is 0.304 e. The van der Waals surface area contributed by atoms with Crippen molar-refractivity contribution >= 4 is 5.97 Å². The molecule has 0 unspecified atom stereocenters. The maximum atomic E-state index is 10.6. The van der Waals surface area contributed by atoms with Gasteiger partial charge in [0.05, 0.1) is 6.42 Å². The van der Waals surface area contributed by atoms with Crippen molar-refractivity contribution in [2.45, 2.75) is 45.4 Å². The number of methoxy groups -OCH3 is 1. The lowest BCUT2D eigenvalue weighted by molar-refractivity contribution is -0.137. The topological polar surface area (TPSA) is 49.8 Å². The molecule has 0 rings (SSSR count). The second kappa shape index (κ2) is 11.9. The summed E-state index contributed by atoms with van der Waals surface area (Å²) >= 11 is 0. The predicted octanol–water partition coefficient (Wildman–Crippen LogP) is 2.38. The van der Waals surface area contributed by atoms with Crippen LogP contribution in [-0.4, -0.2) is 49.3 Å². The van der Waals surface area contributed by atoms with Gasteiger partial charge in [0.2, 0.25) is 0 Å². The Morgan fingerprint density at radius 2 is 1.82 bits per heavy atom. The van der Waals surface area contributed by atoms with Crippen molar-refractivity contribution in [2.24, 2.45) is 0 Å². The second-order valence-corrected chi connectivity index (χ2v) is 4.39. The monoisotopic (exact) mass is 245 g/mol. The Labute approximate surface area is 105 Å². The van der Waals surface area contributed by atoms with Gasteiger partial charge in [0.1, 0.15) is 0 Å². The fourth-order valence-corrected chi connectivity index (χ4v) is 1.78. The fourth-order valence-electron chi connectivity index (χ4n) is 1.78. The Morgan fingerprint density at radius 3 is 2.41 bits per heavy atom. The van der Waals surface area contributed by atoms with E-state index < -0.39 is 5.97 Å². The van der Waals surface area contributed by atoms with E-state index in [1.165, 1.54) is 25.7 Å². The maximum absolute atomic E-state index is 10.6. The molecule has 0 saturated carbocycles. The number of carboxylic acids is 1. The van der Waals surface area contributed by atoms with Crippen molar-refractivity contribution in [3.63, 3.8) is 0 Å². The predicted molar refractivity (Wildman–Crippen MR) is 69.3 cm³/mol. The van der Waals surface area contributed by atoms with Gasteiger partial charge in [-0.15, -0.1) is 0 Å². The van der Waals surface area contributed by atoms with Gasteiger partial charge < -0.3 is 14.7 Å². The minimum atomic E-state index is -0.713. The van der Waals surface area contributed by atoms with Gasteiger partial charge >= 0.3 is 5.97 Å². The summed E-state index contributed by atoms with van der Waals surface area (Å²) in [5.74, 6) is -0.713. The van der Waals surface area contributed by atoms with E-state index in [1.807, 2.05) is 0 Å². The number of hydrogen-bond acceptors (Lipinski definition) is 3. The van der Waals surface area contributed by atoms with E-state index in [2.05, 4.69) is 11.8 Å². The Hall–Kier alpha value is -0.610. The van der Waals surface area contributed by atoms with Crippen LogP contribution in [0, 0.1) is 0 Å². The number of carboxylic acid groups (broad SMARTS) is 1. The molecule has 0 aromatic heterocycles. The standard InChI is InChI=1S/C13H27NO3/c1-3-4-5-6-9-14(10-7-12-17-2)11-8-13(15)16/h3-12H2,1-2H3,(H,15,16). The van der Waals surface area contributed by atoms with Crippen LogP contribution in [0.5, 0.6) is 0 Å². The second-order valence-electron chi connectivity index (χ2n) is 4.39. The van der Waals surface area contributed by atoms with Crippen LogP contribution in [-0.2, 0) is 9.53 Å². The molecular formula is C13H27NO3. The van der Waals surface area contributed by atoms with Gasteiger partial charge in [0.25, 0.3) is 0 Å². The Kier molecular flexibility index (Phi) is 11.4. The first kappa shape index (κ1) is 16.4. The van der Waals surface area contributed by atoms with Gasteiger partial charge in [-0.1, -0.05) is 26.2 Å². The third-order valence-electron chi connectivity index (χ3n) is 2.79. The zero-order valence-electron chi connectivity index (χ0n) is 11.3. The highest BCUT2D eigenvalue weighted by molar-refractivity contribution is 5.66. The molecule has 0 spiro atoms. The molecule has 0 aromatic rings. The number of ether oxygens (including phenoxy) is 1. The first-order chi connectivity index (χ1) is 8.20. The van der Waals surface area contributed by atoms with Crippen LogP contribution in [0.2, 0.25) is 0 Å². The molecule has 0 radical (unpaired) electrons. The van der Waals surface area contributed by atoms with Gasteiger partial charge in [-0.05, 0) is 19.4 Å². The lowest BCUT2D eigenvalue weighted by Crippen LogP contribution is -2.29. The molecule has 0 aliphatic heterocycles. The van der Waals surface area contributed by atoms with Gasteiger partial charge in [-0.2, -0.15) is 0 Å². The zero-order chi connectivity index (χ0) is 12.9. The lowest BCUT2D eigenvalue weighted by Gasteiger charge is -2.21. The normalized spacial score (nSPS) is 11.0. The molecule has 4 heteroatoms. The van der Waals surface area contributed by atoms with Crippen LogP contribution in [0.4, 0.5) is 0 Å². The molecule has 0 saturated heterocycles. The van der Waals surface area contributed by atoms with Crippen LogP contribution >= 0.6 is 0 Å². The zero-order valence-corrected chi connectivity index (χ0v) is 11.3. The Morgan fingerprint density at radius 1 is 1.12 bits per heavy atom. The molecule has 0 amide bonds. The van der Waals surface area contributed by atoms with Gasteiger partial charge in [-0.3, -0.25) is 4.79 Å². The Bertz CT molecular complexity index is 186. The third-order valence-corrected chi connectivity index (χ3v) is 2.79. The summed E-state index contributed by atoms with van der Waals surface area (Å²) in [6, 6.07) is 0. The number of rotatable bonds is 12. The van der Waals surface area contributed by atoms with Crippen LogP contribution in [0.3, 0.4) is 0 Å². The van der Waals surface area contributed by atoms with Crippen molar-refractivity contribution in [3.8, 4) is 0 Å². The third kappa shape index (κ3) is 11.6. The van der Waals surface area contributed by atoms with Gasteiger partial charge in [0, 0.05) is 26.8 Å². The number of hydrogen-bond donors (Lipinski definition) is 1. The average Bonchev–Trinajstić information content (AvgIpc) is 2.30. The highest BCUT2D eigenvalue weighted by Crippen LogP contribution is 2.03. The minimum Gasteiger partial charge on any atom is -0.481 e. The van der Waals surface area contributed by atoms with E-state index in [0.29, 0.717) is 6.54 Å². The molecule has 0 aliphatic carbocycles. The van der Waals surface area contributed by atoms with Crippen LogP contribution in [0.25, 0.3) is 0 Å². The van der Waals surface area contributed by atoms with Crippen LogP contribution < -0.4 is 0 Å². The largest absolute Gasteiger partial charge is 0.481 e. The summed E-state index contributed by atoms with van der Waals surface area (Å²) in [7, 11) is 1.70. The van der Waals surface area contributed by atoms with E-state index in [4.69, 9.17) is 9.84 Å². The number of carbonyl (C=O) groups is 1. The quantitative estimate of drug-likeness (QED) is 0.536. The first-order valence-corrected chi connectivity index (χ1v) is 6.63. The van der Waals surface area contributed by atoms with E-state index in [1.54, 1.807) is 7.11 Å². The van der Waals surface area contributed by atoms with Crippen molar-refractivity contribution in [2.75, 3.05) is 33.4 Å². The van der Waals surface area contributed by atoms with E-state index >= 15 is 0 Å². The lowest BCUT2D eigenvalue weighted by atomic mass is 10.2. The molecule has 17 heavy (non-hydrogen) atoms. The van der Waals surface area contributed by atoms with Crippen molar-refractivity contribution < 1.29 is 14.6 Å².